The maximum absolute atomic E-state index is 12.4. The summed E-state index contributed by atoms with van der Waals surface area (Å²) in [6.07, 6.45) is 5.11. The molecule has 0 fully saturated rings. The number of carboxylic acids is 1. The molecule has 1 aromatic heterocycles. The number of hydrogen-bond donors (Lipinski definition) is 1. The molecule has 0 aliphatic heterocycles. The van der Waals surface area contributed by atoms with Gasteiger partial charge in [-0.3, -0.25) is 4.79 Å². The van der Waals surface area contributed by atoms with Gasteiger partial charge in [-0.25, -0.2) is 14.5 Å². The molecule has 0 spiro atoms. The highest BCUT2D eigenvalue weighted by molar-refractivity contribution is 5.96. The van der Waals surface area contributed by atoms with E-state index in [1.807, 2.05) is 41.1 Å². The van der Waals surface area contributed by atoms with Gasteiger partial charge in [-0.1, -0.05) is 69.2 Å². The summed E-state index contributed by atoms with van der Waals surface area (Å²) in [6.45, 7) is 4.71. The van der Waals surface area contributed by atoms with Gasteiger partial charge in [0.05, 0.1) is 12.1 Å². The molecule has 0 unspecified atom stereocenters. The molecule has 1 N–H and O–H groups in total. The van der Waals surface area contributed by atoms with Crippen molar-refractivity contribution in [3.05, 3.63) is 71.3 Å². The molecule has 0 radical (unpaired) electrons. The van der Waals surface area contributed by atoms with Gasteiger partial charge in [0.15, 0.2) is 0 Å². The molecule has 6 nitrogen and oxygen atoms in total. The highest BCUT2D eigenvalue weighted by Crippen LogP contribution is 2.24. The zero-order valence-electron chi connectivity index (χ0n) is 18.2. The van der Waals surface area contributed by atoms with Crippen molar-refractivity contribution in [2.24, 2.45) is 0 Å². The number of nitrogens with zero attached hydrogens (tertiary/aromatic N) is 3. The van der Waals surface area contributed by atoms with Gasteiger partial charge >= 0.3 is 5.97 Å². The van der Waals surface area contributed by atoms with Crippen LogP contribution >= 0.6 is 0 Å². The Balaban J connectivity index is 1.82. The van der Waals surface area contributed by atoms with E-state index in [9.17, 15) is 14.7 Å². The van der Waals surface area contributed by atoms with Gasteiger partial charge in [0, 0.05) is 12.8 Å². The number of aryl methyl sites for hydroxylation is 1. The van der Waals surface area contributed by atoms with Crippen molar-refractivity contribution < 1.29 is 14.7 Å². The number of carbonyl (C=O) groups is 2. The molecule has 0 atom stereocenters. The number of aromatic carboxylic acids is 1. The fraction of sp³-hybridized carbons (Fsp3) is 0.360. The monoisotopic (exact) mass is 419 g/mol. The fourth-order valence-electron chi connectivity index (χ4n) is 3.47. The summed E-state index contributed by atoms with van der Waals surface area (Å²) in [6, 6.07) is 14.8. The van der Waals surface area contributed by atoms with E-state index in [4.69, 9.17) is 0 Å². The second kappa shape index (κ2) is 10.7. The average molecular weight is 420 g/mol. The van der Waals surface area contributed by atoms with E-state index in [-0.39, 0.29) is 11.3 Å². The molecular formula is C25H29N3O3. The van der Waals surface area contributed by atoms with Crippen LogP contribution in [0.15, 0.2) is 48.5 Å². The summed E-state index contributed by atoms with van der Waals surface area (Å²) in [7, 11) is 0. The first-order valence-corrected chi connectivity index (χ1v) is 10.9. The van der Waals surface area contributed by atoms with E-state index in [1.54, 1.807) is 12.1 Å². The number of Topliss-reactive ketones (excluding diaryl/α,β-unsaturated/α-hetero) is 1. The lowest BCUT2D eigenvalue weighted by molar-refractivity contribution is 0.0697. The third-order valence-corrected chi connectivity index (χ3v) is 5.26. The van der Waals surface area contributed by atoms with E-state index in [1.165, 1.54) is 0 Å². The normalized spacial score (nSPS) is 10.9. The van der Waals surface area contributed by atoms with Crippen molar-refractivity contribution in [3.8, 4) is 11.1 Å². The summed E-state index contributed by atoms with van der Waals surface area (Å²) in [5, 5.41) is 13.9. The van der Waals surface area contributed by atoms with E-state index < -0.39 is 5.97 Å². The van der Waals surface area contributed by atoms with Crippen molar-refractivity contribution in [1.29, 1.82) is 0 Å². The molecule has 162 valence electrons. The Morgan fingerprint density at radius 1 is 0.968 bits per heavy atom. The molecule has 0 bridgehead atoms. The summed E-state index contributed by atoms with van der Waals surface area (Å²) >= 11 is 0. The van der Waals surface area contributed by atoms with Crippen molar-refractivity contribution in [2.75, 3.05) is 0 Å². The predicted molar refractivity (Wildman–Crippen MR) is 120 cm³/mol. The molecule has 2 aromatic carbocycles. The number of aromatic nitrogens is 3. The van der Waals surface area contributed by atoms with Gasteiger partial charge in [0.25, 0.3) is 0 Å². The number of benzene rings is 2. The van der Waals surface area contributed by atoms with Crippen LogP contribution in [-0.2, 0) is 13.0 Å². The minimum Gasteiger partial charge on any atom is -0.478 e. The Kier molecular flexibility index (Phi) is 7.70. The minimum atomic E-state index is -0.942. The van der Waals surface area contributed by atoms with Crippen molar-refractivity contribution >= 4 is 11.8 Å². The molecular weight excluding hydrogens is 390 g/mol. The average Bonchev–Trinajstić information content (AvgIpc) is 3.19. The Hall–Kier alpha value is -3.28. The predicted octanol–water partition coefficient (Wildman–Crippen LogP) is 5.41. The number of rotatable bonds is 11. The van der Waals surface area contributed by atoms with Crippen molar-refractivity contribution in [3.63, 3.8) is 0 Å². The maximum Gasteiger partial charge on any atom is 0.336 e. The maximum atomic E-state index is 12.4. The summed E-state index contributed by atoms with van der Waals surface area (Å²) in [5.74, 6) is 0.204. The van der Waals surface area contributed by atoms with Gasteiger partial charge in [-0.05, 0) is 35.6 Å². The first-order chi connectivity index (χ1) is 15.0. The lowest BCUT2D eigenvalue weighted by Crippen LogP contribution is -2.08. The summed E-state index contributed by atoms with van der Waals surface area (Å²) in [4.78, 5) is 28.4. The molecule has 0 aliphatic carbocycles. The van der Waals surface area contributed by atoms with Crippen LogP contribution in [0.4, 0.5) is 0 Å². The van der Waals surface area contributed by atoms with Crippen molar-refractivity contribution in [2.45, 2.75) is 58.9 Å². The minimum absolute atomic E-state index is 0.000950. The van der Waals surface area contributed by atoms with Crippen LogP contribution in [0.2, 0.25) is 0 Å². The van der Waals surface area contributed by atoms with Gasteiger partial charge in [0.1, 0.15) is 5.82 Å². The quantitative estimate of drug-likeness (QED) is 0.420. The molecule has 0 saturated carbocycles. The van der Waals surface area contributed by atoms with Gasteiger partial charge in [-0.15, -0.1) is 5.10 Å². The molecule has 0 amide bonds. The second-order valence-electron chi connectivity index (χ2n) is 7.69. The first-order valence-electron chi connectivity index (χ1n) is 10.9. The van der Waals surface area contributed by atoms with Crippen molar-refractivity contribution in [1.82, 2.24) is 14.8 Å². The molecule has 6 heteroatoms. The molecule has 0 aliphatic rings. The van der Waals surface area contributed by atoms with Crippen LogP contribution in [0.1, 0.15) is 78.3 Å². The Labute approximate surface area is 183 Å². The molecule has 1 heterocycles. The van der Waals surface area contributed by atoms with Crippen LogP contribution in [0.5, 0.6) is 0 Å². The van der Waals surface area contributed by atoms with E-state index in [0.29, 0.717) is 24.4 Å². The lowest BCUT2D eigenvalue weighted by Gasteiger charge is -2.09. The number of carbonyl (C=O) groups excluding carboxylic acids is 1. The van der Waals surface area contributed by atoms with Crippen LogP contribution in [-0.4, -0.2) is 31.6 Å². The molecule has 3 rings (SSSR count). The number of unbranched alkanes of at least 4 members (excludes halogenated alkanes) is 2. The number of carboxylic acid groups (broad SMARTS) is 1. The summed E-state index contributed by atoms with van der Waals surface area (Å²) < 4.78 is 1.83. The molecule has 3 aromatic rings. The molecule has 31 heavy (non-hydrogen) atoms. The fourth-order valence-corrected chi connectivity index (χ4v) is 3.47. The second-order valence-corrected chi connectivity index (χ2v) is 7.69. The third kappa shape index (κ3) is 5.66. The highest BCUT2D eigenvalue weighted by atomic mass is 16.4. The Morgan fingerprint density at radius 2 is 1.68 bits per heavy atom. The van der Waals surface area contributed by atoms with Gasteiger partial charge in [0.2, 0.25) is 11.6 Å². The summed E-state index contributed by atoms with van der Waals surface area (Å²) in [5.41, 5.74) is 2.84. The highest BCUT2D eigenvalue weighted by Gasteiger charge is 2.16. The zero-order chi connectivity index (χ0) is 22.2. The van der Waals surface area contributed by atoms with E-state index >= 15 is 0 Å². The largest absolute Gasteiger partial charge is 0.478 e. The van der Waals surface area contributed by atoms with Crippen LogP contribution in [0.3, 0.4) is 0 Å². The first kappa shape index (κ1) is 22.4. The van der Waals surface area contributed by atoms with Crippen LogP contribution in [0, 0.1) is 0 Å². The SMILES string of the molecule is CCCCC(=O)c1nc(CCCC)n(Cc2ccc(-c3ccccc3C(=O)O)cc2)n1. The van der Waals surface area contributed by atoms with Gasteiger partial charge < -0.3 is 5.11 Å². The third-order valence-electron chi connectivity index (χ3n) is 5.26. The van der Waals surface area contributed by atoms with Crippen LogP contribution in [0.25, 0.3) is 11.1 Å². The Bertz CT molecular complexity index is 1040. The topological polar surface area (TPSA) is 85.1 Å². The standard InChI is InChI=1S/C25H29N3O3/c1-3-5-11-22(29)24-26-23(12-6-4-2)28(27-24)17-18-13-15-19(16-14-18)20-9-7-8-10-21(20)25(30)31/h7-10,13-16H,3-6,11-12,17H2,1-2H3,(H,30,31). The lowest BCUT2D eigenvalue weighted by atomic mass is 9.99. The number of ketones is 1. The Morgan fingerprint density at radius 3 is 2.35 bits per heavy atom. The van der Waals surface area contributed by atoms with E-state index in [2.05, 4.69) is 23.9 Å². The zero-order valence-corrected chi connectivity index (χ0v) is 18.2. The van der Waals surface area contributed by atoms with Gasteiger partial charge in [-0.2, -0.15) is 0 Å². The number of hydrogen-bond acceptors (Lipinski definition) is 4. The molecule has 0 saturated heterocycles. The van der Waals surface area contributed by atoms with Crippen LogP contribution < -0.4 is 0 Å². The van der Waals surface area contributed by atoms with E-state index in [0.717, 1.165) is 49.1 Å². The smallest absolute Gasteiger partial charge is 0.336 e.